The molecule has 1 unspecified atom stereocenters. The standard InChI is InChI=1S/C9H13N3O5.H4NO2P/c10-6-7(15)4(3-13)17-8(6)12-2-1-5(14)11-9(12)16;1-4(2)3/h1-2,4,6-8,13,15H,3,10H2,(H,11,14,16);2-3H,1H2/t4-,6?,7-,8-;/m1./s1. The van der Waals surface area contributed by atoms with Crippen LogP contribution in [0.15, 0.2) is 21.9 Å². The Hall–Kier alpha value is -1.17. The number of ether oxygens (including phenoxy) is 1. The summed E-state index contributed by atoms with van der Waals surface area (Å²) >= 11 is 0. The number of nitrogens with zero attached hydrogens (tertiary/aromatic N) is 1. The van der Waals surface area contributed by atoms with Crippen molar-refractivity contribution in [2.24, 2.45) is 11.2 Å². The first kappa shape index (κ1) is 17.9. The number of aromatic nitrogens is 2. The van der Waals surface area contributed by atoms with E-state index in [0.717, 1.165) is 10.6 Å². The Kier molecular flexibility index (Phi) is 6.58. The normalized spacial score (nSPS) is 28.3. The molecular formula is C9H17N4O7P. The second kappa shape index (κ2) is 7.73. The molecule has 0 saturated carbocycles. The summed E-state index contributed by atoms with van der Waals surface area (Å²) in [7, 11) is -2.12. The lowest BCUT2D eigenvalue weighted by Crippen LogP contribution is -2.42. The molecule has 0 aliphatic carbocycles. The average molecular weight is 324 g/mol. The second-order valence-electron chi connectivity index (χ2n) is 4.15. The molecule has 1 aromatic rings. The average Bonchev–Trinajstić information content (AvgIpc) is 2.66. The molecule has 12 heteroatoms. The van der Waals surface area contributed by atoms with Crippen LogP contribution in [-0.4, -0.2) is 54.4 Å². The first-order valence-electron chi connectivity index (χ1n) is 5.72. The largest absolute Gasteiger partial charge is 0.394 e. The molecule has 1 fully saturated rings. The number of hydrogen-bond donors (Lipinski definition) is 7. The van der Waals surface area contributed by atoms with E-state index < -0.39 is 50.9 Å². The maximum atomic E-state index is 11.5. The van der Waals surface area contributed by atoms with Crippen LogP contribution in [0.5, 0.6) is 0 Å². The van der Waals surface area contributed by atoms with Gasteiger partial charge in [-0.2, -0.15) is 0 Å². The second-order valence-corrected chi connectivity index (χ2v) is 4.79. The third-order valence-electron chi connectivity index (χ3n) is 2.72. The first-order chi connectivity index (χ1) is 9.77. The van der Waals surface area contributed by atoms with E-state index in [2.05, 4.69) is 10.5 Å². The summed E-state index contributed by atoms with van der Waals surface area (Å²) in [4.78, 5) is 39.4. The lowest BCUT2D eigenvalue weighted by Gasteiger charge is -2.17. The molecule has 0 spiro atoms. The molecule has 11 nitrogen and oxygen atoms in total. The number of aliphatic hydroxyl groups excluding tert-OH is 2. The molecule has 2 rings (SSSR count). The molecule has 21 heavy (non-hydrogen) atoms. The Bertz CT molecular complexity index is 559. The number of aromatic amines is 1. The molecule has 0 bridgehead atoms. The smallest absolute Gasteiger partial charge is 0.330 e. The number of nitrogens with one attached hydrogen (secondary N) is 1. The zero-order valence-electron chi connectivity index (χ0n) is 10.7. The van der Waals surface area contributed by atoms with E-state index in [9.17, 15) is 14.7 Å². The molecule has 2 heterocycles. The molecule has 4 atom stereocenters. The maximum absolute atomic E-state index is 11.5. The van der Waals surface area contributed by atoms with Gasteiger partial charge in [0.2, 0.25) is 8.53 Å². The highest BCUT2D eigenvalue weighted by Gasteiger charge is 2.42. The summed E-state index contributed by atoms with van der Waals surface area (Å²) in [5, 5.41) is 18.6. The summed E-state index contributed by atoms with van der Waals surface area (Å²) in [6.45, 7) is -0.399. The van der Waals surface area contributed by atoms with Crippen molar-refractivity contribution >= 4 is 8.53 Å². The third kappa shape index (κ3) is 4.66. The molecule has 0 radical (unpaired) electrons. The van der Waals surface area contributed by atoms with Gasteiger partial charge in [-0.25, -0.2) is 4.79 Å². The van der Waals surface area contributed by atoms with Gasteiger partial charge >= 0.3 is 5.69 Å². The summed E-state index contributed by atoms with van der Waals surface area (Å²) in [5.41, 5.74) is 8.77. The van der Waals surface area contributed by atoms with Crippen molar-refractivity contribution in [2.75, 3.05) is 6.61 Å². The fourth-order valence-corrected chi connectivity index (χ4v) is 1.80. The minimum Gasteiger partial charge on any atom is -0.394 e. The number of aliphatic hydroxyl groups is 2. The van der Waals surface area contributed by atoms with Crippen LogP contribution in [0.4, 0.5) is 0 Å². The van der Waals surface area contributed by atoms with E-state index in [-0.39, 0.29) is 0 Å². The van der Waals surface area contributed by atoms with Gasteiger partial charge in [0.05, 0.1) is 12.6 Å². The van der Waals surface area contributed by atoms with Crippen LogP contribution < -0.4 is 22.5 Å². The van der Waals surface area contributed by atoms with Gasteiger partial charge in [-0.1, -0.05) is 0 Å². The van der Waals surface area contributed by atoms with E-state index in [0.29, 0.717) is 0 Å². The Morgan fingerprint density at radius 1 is 1.43 bits per heavy atom. The zero-order valence-corrected chi connectivity index (χ0v) is 11.6. The van der Waals surface area contributed by atoms with E-state index >= 15 is 0 Å². The van der Waals surface area contributed by atoms with Crippen molar-refractivity contribution in [1.29, 1.82) is 0 Å². The fraction of sp³-hybridized carbons (Fsp3) is 0.556. The number of hydrogen-bond acceptors (Lipinski definition) is 9. The Balaban J connectivity index is 0.000000491. The lowest BCUT2D eigenvalue weighted by molar-refractivity contribution is -0.0465. The van der Waals surface area contributed by atoms with Crippen LogP contribution >= 0.6 is 8.53 Å². The van der Waals surface area contributed by atoms with Crippen molar-refractivity contribution in [3.8, 4) is 0 Å². The zero-order chi connectivity index (χ0) is 16.2. The number of H-pyrrole nitrogens is 1. The first-order valence-corrected chi connectivity index (χ1v) is 7.03. The van der Waals surface area contributed by atoms with Crippen LogP contribution in [0.3, 0.4) is 0 Å². The summed E-state index contributed by atoms with van der Waals surface area (Å²) < 4.78 is 6.33. The lowest BCUT2D eigenvalue weighted by atomic mass is 10.1. The highest BCUT2D eigenvalue weighted by Crippen LogP contribution is 2.26. The molecule has 1 aromatic heterocycles. The quantitative estimate of drug-likeness (QED) is 0.267. The molecule has 1 aliphatic heterocycles. The monoisotopic (exact) mass is 324 g/mol. The fourth-order valence-electron chi connectivity index (χ4n) is 1.80. The van der Waals surface area contributed by atoms with Crippen LogP contribution in [0.2, 0.25) is 0 Å². The van der Waals surface area contributed by atoms with Crippen LogP contribution in [0, 0.1) is 0 Å². The topological polar surface area (TPSA) is 197 Å². The van der Waals surface area contributed by atoms with Crippen LogP contribution in [0.1, 0.15) is 6.23 Å². The summed E-state index contributed by atoms with van der Waals surface area (Å²) in [6.07, 6.45) is -1.58. The molecule has 120 valence electrons. The Morgan fingerprint density at radius 2 is 2.00 bits per heavy atom. The van der Waals surface area contributed by atoms with E-state index in [1.165, 1.54) is 6.20 Å². The van der Waals surface area contributed by atoms with Crippen molar-refractivity contribution in [3.63, 3.8) is 0 Å². The highest BCUT2D eigenvalue weighted by atomic mass is 31.2. The number of nitrogens with two attached hydrogens (primary N) is 2. The summed E-state index contributed by atoms with van der Waals surface area (Å²) in [6, 6.07) is 0.298. The van der Waals surface area contributed by atoms with Gasteiger partial charge in [0.1, 0.15) is 12.2 Å². The van der Waals surface area contributed by atoms with Crippen molar-refractivity contribution in [1.82, 2.24) is 9.55 Å². The van der Waals surface area contributed by atoms with Crippen LogP contribution in [0.25, 0.3) is 0 Å². The van der Waals surface area contributed by atoms with Crippen LogP contribution in [-0.2, 0) is 4.74 Å². The Morgan fingerprint density at radius 3 is 2.43 bits per heavy atom. The van der Waals surface area contributed by atoms with E-state index in [1.807, 2.05) is 0 Å². The van der Waals surface area contributed by atoms with Gasteiger partial charge in [0.15, 0.2) is 6.23 Å². The molecule has 1 aliphatic rings. The van der Waals surface area contributed by atoms with Gasteiger partial charge in [0.25, 0.3) is 5.56 Å². The van der Waals surface area contributed by atoms with Gasteiger partial charge < -0.3 is 30.5 Å². The predicted octanol–water partition coefficient (Wildman–Crippen LogP) is -3.73. The minimum atomic E-state index is -2.12. The molecule has 9 N–H and O–H groups in total. The minimum absolute atomic E-state index is 0.399. The number of rotatable bonds is 2. The van der Waals surface area contributed by atoms with E-state index in [4.69, 9.17) is 25.4 Å². The van der Waals surface area contributed by atoms with Gasteiger partial charge in [-0.3, -0.25) is 19.8 Å². The predicted molar refractivity (Wildman–Crippen MR) is 71.8 cm³/mol. The van der Waals surface area contributed by atoms with Crippen molar-refractivity contribution in [2.45, 2.75) is 24.5 Å². The highest BCUT2D eigenvalue weighted by molar-refractivity contribution is 7.42. The van der Waals surface area contributed by atoms with Gasteiger partial charge in [-0.15, -0.1) is 0 Å². The molecule has 1 saturated heterocycles. The Labute approximate surface area is 119 Å². The summed E-state index contributed by atoms with van der Waals surface area (Å²) in [5.74, 6) is 0. The van der Waals surface area contributed by atoms with E-state index in [1.54, 1.807) is 0 Å². The molecular weight excluding hydrogens is 307 g/mol. The molecule has 0 amide bonds. The van der Waals surface area contributed by atoms with Gasteiger partial charge in [-0.05, 0) is 0 Å². The van der Waals surface area contributed by atoms with Crippen molar-refractivity contribution in [3.05, 3.63) is 33.1 Å². The maximum Gasteiger partial charge on any atom is 0.330 e. The SMILES string of the molecule is NC1[C@H](n2ccc(=O)[nH]c2=O)O[C@H](CO)[C@H]1O.NP(O)O. The van der Waals surface area contributed by atoms with Gasteiger partial charge in [0, 0.05) is 12.3 Å². The molecule has 0 aromatic carbocycles. The van der Waals surface area contributed by atoms with Crippen molar-refractivity contribution < 1.29 is 24.7 Å². The third-order valence-corrected chi connectivity index (χ3v) is 2.72.